The van der Waals surface area contributed by atoms with E-state index in [1.807, 2.05) is 12.1 Å². The molecule has 1 aromatic carbocycles. The molecular formula is C19H17N3O3. The number of aromatic nitrogens is 1. The Labute approximate surface area is 144 Å². The molecule has 0 spiro atoms. The Morgan fingerprint density at radius 2 is 1.68 bits per heavy atom. The van der Waals surface area contributed by atoms with E-state index in [1.54, 1.807) is 55.1 Å². The standard InChI is InChI=1S/C19H17N3O3/c23-18(21-12-14-4-2-8-20-11-14)15-5-1-6-16(10-15)19(24)22-13-17-7-3-9-25-17/h1-11H,12-13H2,(H,21,23)(H,22,24). The van der Waals surface area contributed by atoms with Crippen molar-refractivity contribution in [3.05, 3.63) is 89.6 Å². The molecule has 3 rings (SSSR count). The number of benzene rings is 1. The van der Waals surface area contributed by atoms with Crippen LogP contribution < -0.4 is 10.6 Å². The minimum atomic E-state index is -0.265. The van der Waals surface area contributed by atoms with Crippen molar-refractivity contribution < 1.29 is 14.0 Å². The van der Waals surface area contributed by atoms with Crippen molar-refractivity contribution in [2.45, 2.75) is 13.1 Å². The van der Waals surface area contributed by atoms with Gasteiger partial charge in [0.05, 0.1) is 12.8 Å². The highest BCUT2D eigenvalue weighted by molar-refractivity contribution is 5.99. The Balaban J connectivity index is 1.60. The van der Waals surface area contributed by atoms with Crippen LogP contribution in [-0.4, -0.2) is 16.8 Å². The molecule has 6 heteroatoms. The van der Waals surface area contributed by atoms with E-state index in [-0.39, 0.29) is 11.8 Å². The van der Waals surface area contributed by atoms with Crippen LogP contribution in [0.4, 0.5) is 0 Å². The zero-order valence-corrected chi connectivity index (χ0v) is 13.4. The van der Waals surface area contributed by atoms with Gasteiger partial charge in [-0.1, -0.05) is 12.1 Å². The third kappa shape index (κ3) is 4.54. The van der Waals surface area contributed by atoms with Crippen LogP contribution in [0.5, 0.6) is 0 Å². The molecule has 0 saturated carbocycles. The fourth-order valence-electron chi connectivity index (χ4n) is 2.27. The fourth-order valence-corrected chi connectivity index (χ4v) is 2.27. The lowest BCUT2D eigenvalue weighted by Crippen LogP contribution is -2.25. The SMILES string of the molecule is O=C(NCc1cccnc1)c1cccc(C(=O)NCc2ccco2)c1. The number of nitrogens with one attached hydrogen (secondary N) is 2. The molecule has 6 nitrogen and oxygen atoms in total. The third-order valence-corrected chi connectivity index (χ3v) is 3.57. The first-order valence-electron chi connectivity index (χ1n) is 7.80. The molecule has 25 heavy (non-hydrogen) atoms. The first-order valence-corrected chi connectivity index (χ1v) is 7.80. The van der Waals surface area contributed by atoms with Gasteiger partial charge in [-0.2, -0.15) is 0 Å². The molecule has 0 atom stereocenters. The maximum absolute atomic E-state index is 12.3. The summed E-state index contributed by atoms with van der Waals surface area (Å²) in [6.07, 6.45) is 4.92. The van der Waals surface area contributed by atoms with Crippen LogP contribution in [0.2, 0.25) is 0 Å². The van der Waals surface area contributed by atoms with E-state index in [0.717, 1.165) is 5.56 Å². The number of carbonyl (C=O) groups is 2. The summed E-state index contributed by atoms with van der Waals surface area (Å²) in [5.41, 5.74) is 1.75. The second kappa shape index (κ2) is 7.92. The van der Waals surface area contributed by atoms with Gasteiger partial charge in [0.2, 0.25) is 0 Å². The number of carbonyl (C=O) groups excluding carboxylic acids is 2. The number of rotatable bonds is 6. The monoisotopic (exact) mass is 335 g/mol. The molecule has 0 aliphatic heterocycles. The Hall–Kier alpha value is -3.41. The van der Waals surface area contributed by atoms with Crippen LogP contribution in [0.3, 0.4) is 0 Å². The largest absolute Gasteiger partial charge is 0.467 e. The summed E-state index contributed by atoms with van der Waals surface area (Å²) in [5, 5.41) is 5.56. The quantitative estimate of drug-likeness (QED) is 0.725. The van der Waals surface area contributed by atoms with E-state index in [1.165, 1.54) is 0 Å². The number of amides is 2. The third-order valence-electron chi connectivity index (χ3n) is 3.57. The normalized spacial score (nSPS) is 10.2. The van der Waals surface area contributed by atoms with Crippen molar-refractivity contribution in [3.8, 4) is 0 Å². The molecule has 0 unspecified atom stereocenters. The van der Waals surface area contributed by atoms with Crippen molar-refractivity contribution in [3.63, 3.8) is 0 Å². The van der Waals surface area contributed by atoms with Gasteiger partial charge in [-0.05, 0) is 42.0 Å². The Morgan fingerprint density at radius 3 is 2.32 bits per heavy atom. The van der Waals surface area contributed by atoms with Crippen molar-refractivity contribution in [2.75, 3.05) is 0 Å². The molecule has 2 N–H and O–H groups in total. The van der Waals surface area contributed by atoms with Crippen LogP contribution in [0.1, 0.15) is 32.0 Å². The summed E-state index contributed by atoms with van der Waals surface area (Å²) in [6, 6.07) is 13.8. The van der Waals surface area contributed by atoms with Crippen molar-refractivity contribution >= 4 is 11.8 Å². The number of pyridine rings is 1. The summed E-state index contributed by atoms with van der Waals surface area (Å²) in [5.74, 6) is 0.154. The summed E-state index contributed by atoms with van der Waals surface area (Å²) in [7, 11) is 0. The first-order chi connectivity index (χ1) is 12.2. The molecule has 2 aromatic heterocycles. The molecule has 3 aromatic rings. The van der Waals surface area contributed by atoms with E-state index in [9.17, 15) is 9.59 Å². The first kappa shape index (κ1) is 16.4. The Bertz CT molecular complexity index is 845. The molecule has 2 heterocycles. The molecule has 0 aliphatic carbocycles. The highest BCUT2D eigenvalue weighted by Gasteiger charge is 2.11. The lowest BCUT2D eigenvalue weighted by atomic mass is 10.1. The zero-order valence-electron chi connectivity index (χ0n) is 13.4. The second-order valence-corrected chi connectivity index (χ2v) is 5.39. The minimum absolute atomic E-state index is 0.246. The van der Waals surface area contributed by atoms with Crippen LogP contribution in [0, 0.1) is 0 Å². The molecule has 126 valence electrons. The van der Waals surface area contributed by atoms with E-state index in [2.05, 4.69) is 15.6 Å². The molecule has 0 fully saturated rings. The molecule has 0 saturated heterocycles. The molecule has 0 radical (unpaired) electrons. The minimum Gasteiger partial charge on any atom is -0.467 e. The van der Waals surface area contributed by atoms with Gasteiger partial charge in [-0.15, -0.1) is 0 Å². The van der Waals surface area contributed by atoms with Gasteiger partial charge < -0.3 is 15.1 Å². The molecular weight excluding hydrogens is 318 g/mol. The summed E-state index contributed by atoms with van der Waals surface area (Å²) >= 11 is 0. The molecule has 2 amide bonds. The van der Waals surface area contributed by atoms with E-state index < -0.39 is 0 Å². The average Bonchev–Trinajstić information content (AvgIpc) is 3.18. The lowest BCUT2D eigenvalue weighted by Gasteiger charge is -2.07. The number of furan rings is 1. The van der Waals surface area contributed by atoms with Crippen molar-refractivity contribution in [1.82, 2.24) is 15.6 Å². The Kier molecular flexibility index (Phi) is 5.21. The highest BCUT2D eigenvalue weighted by atomic mass is 16.3. The Morgan fingerprint density at radius 1 is 0.920 bits per heavy atom. The van der Waals surface area contributed by atoms with Gasteiger partial charge in [0.25, 0.3) is 11.8 Å². The summed E-state index contributed by atoms with van der Waals surface area (Å²) in [4.78, 5) is 28.5. The predicted molar refractivity (Wildman–Crippen MR) is 91.7 cm³/mol. The number of hydrogen-bond donors (Lipinski definition) is 2. The van der Waals surface area contributed by atoms with Gasteiger partial charge in [0, 0.05) is 30.1 Å². The maximum Gasteiger partial charge on any atom is 0.251 e. The van der Waals surface area contributed by atoms with E-state index in [4.69, 9.17) is 4.42 Å². The predicted octanol–water partition coefficient (Wildman–Crippen LogP) is 2.53. The second-order valence-electron chi connectivity index (χ2n) is 5.39. The van der Waals surface area contributed by atoms with Crippen LogP contribution in [0.15, 0.2) is 71.6 Å². The van der Waals surface area contributed by atoms with E-state index in [0.29, 0.717) is 30.0 Å². The fraction of sp³-hybridized carbons (Fsp3) is 0.105. The maximum atomic E-state index is 12.3. The van der Waals surface area contributed by atoms with Gasteiger partial charge in [-0.3, -0.25) is 14.6 Å². The lowest BCUT2D eigenvalue weighted by molar-refractivity contribution is 0.0948. The van der Waals surface area contributed by atoms with Gasteiger partial charge in [0.15, 0.2) is 0 Å². The summed E-state index contributed by atoms with van der Waals surface area (Å²) < 4.78 is 5.17. The summed E-state index contributed by atoms with van der Waals surface area (Å²) in [6.45, 7) is 0.671. The van der Waals surface area contributed by atoms with Crippen LogP contribution in [0.25, 0.3) is 0 Å². The van der Waals surface area contributed by atoms with Gasteiger partial charge in [-0.25, -0.2) is 0 Å². The van der Waals surface area contributed by atoms with Crippen molar-refractivity contribution in [2.24, 2.45) is 0 Å². The topological polar surface area (TPSA) is 84.2 Å². The molecule has 0 bridgehead atoms. The zero-order chi connectivity index (χ0) is 17.5. The number of hydrogen-bond acceptors (Lipinski definition) is 4. The van der Waals surface area contributed by atoms with Crippen LogP contribution >= 0.6 is 0 Å². The highest BCUT2D eigenvalue weighted by Crippen LogP contribution is 2.07. The van der Waals surface area contributed by atoms with Crippen molar-refractivity contribution in [1.29, 1.82) is 0 Å². The average molecular weight is 335 g/mol. The molecule has 0 aliphatic rings. The number of nitrogens with zero attached hydrogens (tertiary/aromatic N) is 1. The van der Waals surface area contributed by atoms with E-state index >= 15 is 0 Å². The van der Waals surface area contributed by atoms with Gasteiger partial charge in [0.1, 0.15) is 5.76 Å². The van der Waals surface area contributed by atoms with Gasteiger partial charge >= 0.3 is 0 Å². The smallest absolute Gasteiger partial charge is 0.251 e. The van der Waals surface area contributed by atoms with Crippen LogP contribution in [-0.2, 0) is 13.1 Å².